The van der Waals surface area contributed by atoms with E-state index in [1.807, 2.05) is 5.38 Å². The number of aromatic nitrogens is 1. The van der Waals surface area contributed by atoms with Crippen LogP contribution in [0.1, 0.15) is 9.80 Å². The fourth-order valence-electron chi connectivity index (χ4n) is 1.39. The highest BCUT2D eigenvalue weighted by Gasteiger charge is 2.16. The van der Waals surface area contributed by atoms with E-state index < -0.39 is 0 Å². The predicted molar refractivity (Wildman–Crippen MR) is 61.0 cm³/mol. The number of hydrogen-bond acceptors (Lipinski definition) is 5. The van der Waals surface area contributed by atoms with E-state index in [1.165, 1.54) is 11.3 Å². The van der Waals surface area contributed by atoms with Crippen LogP contribution in [-0.2, 0) is 4.74 Å². The SMILES string of the molecule is Cl.O=C(CN1CCOCC1)c1nccs1. The van der Waals surface area contributed by atoms with Gasteiger partial charge < -0.3 is 4.74 Å². The van der Waals surface area contributed by atoms with Gasteiger partial charge in [0.05, 0.1) is 19.8 Å². The molecule has 1 aliphatic rings. The van der Waals surface area contributed by atoms with Crippen molar-refractivity contribution < 1.29 is 9.53 Å². The topological polar surface area (TPSA) is 42.4 Å². The first-order chi connectivity index (χ1) is 6.86. The van der Waals surface area contributed by atoms with Gasteiger partial charge in [-0.05, 0) is 0 Å². The van der Waals surface area contributed by atoms with E-state index in [-0.39, 0.29) is 18.2 Å². The Morgan fingerprint density at radius 2 is 2.27 bits per heavy atom. The van der Waals surface area contributed by atoms with Crippen LogP contribution in [0.4, 0.5) is 0 Å². The lowest BCUT2D eigenvalue weighted by Gasteiger charge is -2.25. The second-order valence-electron chi connectivity index (χ2n) is 3.15. The van der Waals surface area contributed by atoms with Crippen molar-refractivity contribution in [1.29, 1.82) is 0 Å². The molecule has 0 spiro atoms. The van der Waals surface area contributed by atoms with Gasteiger partial charge in [-0.2, -0.15) is 0 Å². The van der Waals surface area contributed by atoms with E-state index in [9.17, 15) is 4.79 Å². The molecule has 0 saturated carbocycles. The average molecular weight is 249 g/mol. The summed E-state index contributed by atoms with van der Waals surface area (Å²) < 4.78 is 5.21. The number of carbonyl (C=O) groups excluding carboxylic acids is 1. The molecule has 15 heavy (non-hydrogen) atoms. The molecule has 2 heterocycles. The van der Waals surface area contributed by atoms with Crippen molar-refractivity contribution in [2.75, 3.05) is 32.8 Å². The van der Waals surface area contributed by atoms with Crippen molar-refractivity contribution in [3.05, 3.63) is 16.6 Å². The molecule has 0 radical (unpaired) electrons. The van der Waals surface area contributed by atoms with Crippen molar-refractivity contribution in [2.45, 2.75) is 0 Å². The molecule has 4 nitrogen and oxygen atoms in total. The number of thiazole rings is 1. The number of carbonyl (C=O) groups is 1. The Morgan fingerprint density at radius 1 is 1.53 bits per heavy atom. The van der Waals surface area contributed by atoms with Gasteiger partial charge in [-0.25, -0.2) is 4.98 Å². The highest BCUT2D eigenvalue weighted by molar-refractivity contribution is 7.11. The number of Topliss-reactive ketones (excluding diaryl/α,β-unsaturated/α-hetero) is 1. The molecule has 1 saturated heterocycles. The summed E-state index contributed by atoms with van der Waals surface area (Å²) in [6.45, 7) is 3.61. The fraction of sp³-hybridized carbons (Fsp3) is 0.556. The summed E-state index contributed by atoms with van der Waals surface area (Å²) >= 11 is 1.40. The minimum atomic E-state index is 0. The van der Waals surface area contributed by atoms with Crippen molar-refractivity contribution in [3.63, 3.8) is 0 Å². The summed E-state index contributed by atoms with van der Waals surface area (Å²) in [7, 11) is 0. The van der Waals surface area contributed by atoms with Crippen molar-refractivity contribution in [3.8, 4) is 0 Å². The first kappa shape index (κ1) is 12.6. The summed E-state index contributed by atoms with van der Waals surface area (Å²) in [5.41, 5.74) is 0. The van der Waals surface area contributed by atoms with Crippen LogP contribution >= 0.6 is 23.7 Å². The Morgan fingerprint density at radius 3 is 2.87 bits per heavy atom. The average Bonchev–Trinajstić information content (AvgIpc) is 2.72. The number of hydrogen-bond donors (Lipinski definition) is 0. The minimum Gasteiger partial charge on any atom is -0.379 e. The Kier molecular flexibility index (Phi) is 5.17. The molecule has 0 aromatic carbocycles. The van der Waals surface area contributed by atoms with Gasteiger partial charge in [-0.15, -0.1) is 23.7 Å². The smallest absolute Gasteiger partial charge is 0.205 e. The molecule has 84 valence electrons. The van der Waals surface area contributed by atoms with Crippen LogP contribution in [0.15, 0.2) is 11.6 Å². The van der Waals surface area contributed by atoms with Crippen LogP contribution in [-0.4, -0.2) is 48.5 Å². The van der Waals surface area contributed by atoms with Crippen molar-refractivity contribution in [2.24, 2.45) is 0 Å². The Hall–Kier alpha value is -0.490. The van der Waals surface area contributed by atoms with E-state index in [2.05, 4.69) is 9.88 Å². The zero-order valence-electron chi connectivity index (χ0n) is 8.22. The summed E-state index contributed by atoms with van der Waals surface area (Å²) in [6, 6.07) is 0. The van der Waals surface area contributed by atoms with Crippen molar-refractivity contribution >= 4 is 29.5 Å². The van der Waals surface area contributed by atoms with E-state index in [0.717, 1.165) is 26.3 Å². The molecule has 0 N–H and O–H groups in total. The third-order valence-corrected chi connectivity index (χ3v) is 2.96. The quantitative estimate of drug-likeness (QED) is 0.751. The number of rotatable bonds is 3. The predicted octanol–water partition coefficient (Wildman–Crippen LogP) is 1.08. The molecule has 6 heteroatoms. The lowest BCUT2D eigenvalue weighted by molar-refractivity contribution is 0.0371. The Bertz CT molecular complexity index is 299. The summed E-state index contributed by atoms with van der Waals surface area (Å²) in [5, 5.41) is 2.43. The van der Waals surface area contributed by atoms with Gasteiger partial charge in [-0.1, -0.05) is 0 Å². The normalized spacial score (nSPS) is 17.1. The maximum absolute atomic E-state index is 11.6. The highest BCUT2D eigenvalue weighted by atomic mass is 35.5. The third-order valence-electron chi connectivity index (χ3n) is 2.14. The van der Waals surface area contributed by atoms with Gasteiger partial charge >= 0.3 is 0 Å². The molecule has 0 amide bonds. The number of morpholine rings is 1. The highest BCUT2D eigenvalue weighted by Crippen LogP contribution is 2.06. The first-order valence-electron chi connectivity index (χ1n) is 4.59. The van der Waals surface area contributed by atoms with Gasteiger partial charge in [0.1, 0.15) is 0 Å². The number of ketones is 1. The second-order valence-corrected chi connectivity index (χ2v) is 4.04. The van der Waals surface area contributed by atoms with Gasteiger partial charge in [0.15, 0.2) is 5.01 Å². The Labute approximate surface area is 98.7 Å². The van der Waals surface area contributed by atoms with Crippen LogP contribution in [0.25, 0.3) is 0 Å². The zero-order valence-corrected chi connectivity index (χ0v) is 9.85. The molecule has 0 bridgehead atoms. The number of nitrogens with zero attached hydrogens (tertiary/aromatic N) is 2. The fourth-order valence-corrected chi connectivity index (χ4v) is 1.96. The first-order valence-corrected chi connectivity index (χ1v) is 5.47. The van der Waals surface area contributed by atoms with Gasteiger partial charge in [0, 0.05) is 24.7 Å². The van der Waals surface area contributed by atoms with Crippen LogP contribution in [0.2, 0.25) is 0 Å². The summed E-state index contributed by atoms with van der Waals surface area (Å²) in [6.07, 6.45) is 1.66. The van der Waals surface area contributed by atoms with E-state index >= 15 is 0 Å². The molecule has 1 aromatic heterocycles. The van der Waals surface area contributed by atoms with Gasteiger partial charge in [-0.3, -0.25) is 9.69 Å². The monoisotopic (exact) mass is 248 g/mol. The maximum atomic E-state index is 11.6. The van der Waals surface area contributed by atoms with E-state index in [0.29, 0.717) is 11.6 Å². The Balaban J connectivity index is 0.00000112. The lowest BCUT2D eigenvalue weighted by atomic mass is 10.3. The lowest BCUT2D eigenvalue weighted by Crippen LogP contribution is -2.39. The number of ether oxygens (including phenoxy) is 1. The number of halogens is 1. The molecular weight excluding hydrogens is 236 g/mol. The molecule has 1 aromatic rings. The molecule has 0 unspecified atom stereocenters. The molecule has 1 aliphatic heterocycles. The largest absolute Gasteiger partial charge is 0.379 e. The van der Waals surface area contributed by atoms with Crippen molar-refractivity contribution in [1.82, 2.24) is 9.88 Å². The summed E-state index contributed by atoms with van der Waals surface area (Å²) in [4.78, 5) is 17.7. The van der Waals surface area contributed by atoms with Crippen LogP contribution in [0.3, 0.4) is 0 Å². The van der Waals surface area contributed by atoms with Gasteiger partial charge in [0.25, 0.3) is 0 Å². The third kappa shape index (κ3) is 3.53. The molecule has 1 fully saturated rings. The van der Waals surface area contributed by atoms with Crippen LogP contribution < -0.4 is 0 Å². The molecule has 0 atom stereocenters. The standard InChI is InChI=1S/C9H12N2O2S.ClH/c12-8(9-10-1-6-14-9)7-11-2-4-13-5-3-11;/h1,6H,2-5,7H2;1H. The molecular formula is C9H13ClN2O2S. The zero-order chi connectivity index (χ0) is 9.80. The minimum absolute atomic E-state index is 0. The summed E-state index contributed by atoms with van der Waals surface area (Å²) in [5.74, 6) is 0.113. The second kappa shape index (κ2) is 6.17. The van der Waals surface area contributed by atoms with E-state index in [4.69, 9.17) is 4.74 Å². The molecule has 2 rings (SSSR count). The van der Waals surface area contributed by atoms with Gasteiger partial charge in [0.2, 0.25) is 5.78 Å². The molecule has 0 aliphatic carbocycles. The maximum Gasteiger partial charge on any atom is 0.205 e. The van der Waals surface area contributed by atoms with Crippen LogP contribution in [0, 0.1) is 0 Å². The van der Waals surface area contributed by atoms with E-state index in [1.54, 1.807) is 6.20 Å². The van der Waals surface area contributed by atoms with Crippen LogP contribution in [0.5, 0.6) is 0 Å².